The predicted octanol–water partition coefficient (Wildman–Crippen LogP) is 4.39. The van der Waals surface area contributed by atoms with Gasteiger partial charge in [-0.1, -0.05) is 26.3 Å². The zero-order chi connectivity index (χ0) is 25.7. The zero-order valence-corrected chi connectivity index (χ0v) is 21.8. The van der Waals surface area contributed by atoms with Crippen molar-refractivity contribution in [3.8, 4) is 0 Å². The monoisotopic (exact) mass is 481 g/mol. The van der Waals surface area contributed by atoms with Gasteiger partial charge in [0.2, 0.25) is 5.91 Å². The maximum Gasteiger partial charge on any atom is 0.330 e. The number of hydrogen-bond acceptors (Lipinski definition) is 5. The Labute approximate surface area is 209 Å². The molecule has 0 aliphatic carbocycles. The lowest BCUT2D eigenvalue weighted by Gasteiger charge is -2.29. The quantitative estimate of drug-likeness (QED) is 0.403. The largest absolute Gasteiger partial charge is 0.463 e. The van der Waals surface area contributed by atoms with Crippen molar-refractivity contribution >= 4 is 29.5 Å². The number of allylic oxidation sites excluding steroid dienone is 2. The number of ether oxygens (including phenoxy) is 1. The maximum absolute atomic E-state index is 13.5. The zero-order valence-electron chi connectivity index (χ0n) is 21.8. The summed E-state index contributed by atoms with van der Waals surface area (Å²) >= 11 is 0. The van der Waals surface area contributed by atoms with E-state index in [4.69, 9.17) is 4.74 Å². The molecule has 0 radical (unpaired) electrons. The van der Waals surface area contributed by atoms with Crippen molar-refractivity contribution in [2.24, 2.45) is 11.8 Å². The van der Waals surface area contributed by atoms with Crippen LogP contribution in [0.15, 0.2) is 30.0 Å². The van der Waals surface area contributed by atoms with Crippen molar-refractivity contribution in [1.82, 2.24) is 10.6 Å². The minimum absolute atomic E-state index is 0.0422. The maximum atomic E-state index is 13.5. The Morgan fingerprint density at radius 2 is 2.03 bits per heavy atom. The summed E-state index contributed by atoms with van der Waals surface area (Å²) in [5.74, 6) is -0.658. The second kappa shape index (κ2) is 11.6. The van der Waals surface area contributed by atoms with Crippen LogP contribution in [0.3, 0.4) is 0 Å². The van der Waals surface area contributed by atoms with Crippen LogP contribution in [0, 0.1) is 11.8 Å². The number of amides is 2. The Kier molecular flexibility index (Phi) is 8.76. The van der Waals surface area contributed by atoms with E-state index >= 15 is 0 Å². The molecular weight excluding hydrogens is 442 g/mol. The molecule has 2 aliphatic rings. The second-order valence-electron chi connectivity index (χ2n) is 9.84. The van der Waals surface area contributed by atoms with Crippen LogP contribution in [0.2, 0.25) is 0 Å². The molecule has 7 nitrogen and oxygen atoms in total. The van der Waals surface area contributed by atoms with E-state index in [2.05, 4.69) is 49.3 Å². The Balaban J connectivity index is 1.91. The van der Waals surface area contributed by atoms with E-state index in [0.29, 0.717) is 12.2 Å². The highest BCUT2D eigenvalue weighted by Gasteiger charge is 2.34. The van der Waals surface area contributed by atoms with Gasteiger partial charge in [0.25, 0.3) is 5.91 Å². The van der Waals surface area contributed by atoms with E-state index in [9.17, 15) is 14.4 Å². The SMILES string of the molecule is CCCC1C=C(C)NC(=O)C1CNC(=O)c1cc(/C=C/C(=O)OCC)cc2c1C(C)CN2C(C)C. The molecule has 3 unspecified atom stereocenters. The van der Waals surface area contributed by atoms with Crippen LogP contribution < -0.4 is 15.5 Å². The van der Waals surface area contributed by atoms with Crippen molar-refractivity contribution in [3.63, 3.8) is 0 Å². The number of esters is 1. The fourth-order valence-corrected chi connectivity index (χ4v) is 5.15. The van der Waals surface area contributed by atoms with E-state index in [1.807, 2.05) is 19.1 Å². The molecule has 0 saturated carbocycles. The van der Waals surface area contributed by atoms with Gasteiger partial charge in [0, 0.05) is 48.1 Å². The molecule has 2 aliphatic heterocycles. The van der Waals surface area contributed by atoms with Crippen LogP contribution >= 0.6 is 0 Å². The lowest BCUT2D eigenvalue weighted by molar-refractivity contribution is -0.137. The van der Waals surface area contributed by atoms with Crippen LogP contribution in [0.25, 0.3) is 6.08 Å². The summed E-state index contributed by atoms with van der Waals surface area (Å²) in [5.41, 5.74) is 4.26. The van der Waals surface area contributed by atoms with E-state index in [1.165, 1.54) is 6.08 Å². The lowest BCUT2D eigenvalue weighted by Crippen LogP contribution is -2.44. The van der Waals surface area contributed by atoms with Crippen molar-refractivity contribution < 1.29 is 19.1 Å². The van der Waals surface area contributed by atoms with Crippen LogP contribution in [0.1, 0.15) is 81.8 Å². The topological polar surface area (TPSA) is 87.7 Å². The summed E-state index contributed by atoms with van der Waals surface area (Å²) in [4.78, 5) is 40.4. The van der Waals surface area contributed by atoms with Crippen LogP contribution in [-0.4, -0.2) is 43.5 Å². The summed E-state index contributed by atoms with van der Waals surface area (Å²) in [6.07, 6.45) is 7.05. The summed E-state index contributed by atoms with van der Waals surface area (Å²) in [5, 5.41) is 5.95. The Morgan fingerprint density at radius 3 is 2.69 bits per heavy atom. The van der Waals surface area contributed by atoms with Gasteiger partial charge < -0.3 is 20.3 Å². The van der Waals surface area contributed by atoms with Gasteiger partial charge in [0.1, 0.15) is 0 Å². The molecule has 0 fully saturated rings. The van der Waals surface area contributed by atoms with Gasteiger partial charge in [0.05, 0.1) is 12.5 Å². The molecule has 2 heterocycles. The number of nitrogens with zero attached hydrogens (tertiary/aromatic N) is 1. The molecular formula is C28H39N3O4. The molecule has 2 N–H and O–H groups in total. The predicted molar refractivity (Wildman–Crippen MR) is 139 cm³/mol. The number of nitrogens with one attached hydrogen (secondary N) is 2. The average Bonchev–Trinajstić information content (AvgIpc) is 3.13. The molecule has 2 amide bonds. The van der Waals surface area contributed by atoms with Gasteiger partial charge >= 0.3 is 5.97 Å². The van der Waals surface area contributed by atoms with Gasteiger partial charge in [-0.25, -0.2) is 4.79 Å². The first kappa shape index (κ1) is 26.5. The summed E-state index contributed by atoms with van der Waals surface area (Å²) in [6.45, 7) is 13.6. The van der Waals surface area contributed by atoms with E-state index < -0.39 is 5.97 Å². The molecule has 3 rings (SSSR count). The molecule has 190 valence electrons. The number of carbonyl (C=O) groups is 3. The van der Waals surface area contributed by atoms with Crippen molar-refractivity contribution in [1.29, 1.82) is 0 Å². The fourth-order valence-electron chi connectivity index (χ4n) is 5.15. The lowest BCUT2D eigenvalue weighted by atomic mass is 9.84. The van der Waals surface area contributed by atoms with Gasteiger partial charge in [-0.15, -0.1) is 0 Å². The third-order valence-electron chi connectivity index (χ3n) is 6.76. The third-order valence-corrected chi connectivity index (χ3v) is 6.76. The van der Waals surface area contributed by atoms with Crippen LogP contribution in [-0.2, 0) is 14.3 Å². The summed E-state index contributed by atoms with van der Waals surface area (Å²) in [6, 6.07) is 4.14. The van der Waals surface area contributed by atoms with E-state index in [-0.39, 0.29) is 42.2 Å². The van der Waals surface area contributed by atoms with Gasteiger partial charge in [-0.3, -0.25) is 9.59 Å². The van der Waals surface area contributed by atoms with Crippen molar-refractivity contribution in [2.75, 3.05) is 24.6 Å². The first-order chi connectivity index (χ1) is 16.7. The van der Waals surface area contributed by atoms with Gasteiger partial charge in [-0.05, 0) is 69.4 Å². The Hall–Kier alpha value is -3.09. The number of rotatable bonds is 9. The van der Waals surface area contributed by atoms with Gasteiger partial charge in [0.15, 0.2) is 0 Å². The number of anilines is 1. The first-order valence-electron chi connectivity index (χ1n) is 12.7. The molecule has 3 atom stereocenters. The minimum atomic E-state index is -0.415. The van der Waals surface area contributed by atoms with Crippen molar-refractivity contribution in [2.45, 2.75) is 66.3 Å². The molecule has 7 heteroatoms. The van der Waals surface area contributed by atoms with E-state index in [1.54, 1.807) is 13.0 Å². The molecule has 0 aromatic heterocycles. The van der Waals surface area contributed by atoms with Crippen LogP contribution in [0.4, 0.5) is 5.69 Å². The number of benzene rings is 1. The molecule has 0 spiro atoms. The molecule has 0 bridgehead atoms. The highest BCUT2D eigenvalue weighted by Crippen LogP contribution is 2.41. The minimum Gasteiger partial charge on any atom is -0.463 e. The second-order valence-corrected chi connectivity index (χ2v) is 9.84. The fraction of sp³-hybridized carbons (Fsp3) is 0.536. The molecule has 0 saturated heterocycles. The average molecular weight is 482 g/mol. The normalized spacial score (nSPS) is 21.7. The Morgan fingerprint density at radius 1 is 1.29 bits per heavy atom. The number of carbonyl (C=O) groups excluding carboxylic acids is 3. The highest BCUT2D eigenvalue weighted by molar-refractivity contribution is 5.99. The molecule has 1 aromatic carbocycles. The summed E-state index contributed by atoms with van der Waals surface area (Å²) < 4.78 is 5.01. The smallest absolute Gasteiger partial charge is 0.330 e. The molecule has 35 heavy (non-hydrogen) atoms. The highest BCUT2D eigenvalue weighted by atomic mass is 16.5. The van der Waals surface area contributed by atoms with Gasteiger partial charge in [-0.2, -0.15) is 0 Å². The number of hydrogen-bond donors (Lipinski definition) is 2. The van der Waals surface area contributed by atoms with Crippen LogP contribution in [0.5, 0.6) is 0 Å². The summed E-state index contributed by atoms with van der Waals surface area (Å²) in [7, 11) is 0. The standard InChI is InChI=1S/C28H39N3O4/c1-7-9-21-12-19(6)30-28(34)23(21)15-29-27(33)22-13-20(10-11-25(32)35-8-2)14-24-26(22)18(5)16-31(24)17(3)4/h10-14,17-18,21,23H,7-9,15-16H2,1-6H3,(H,29,33)(H,30,34)/b11-10+. The van der Waals surface area contributed by atoms with Crippen molar-refractivity contribution in [3.05, 3.63) is 46.7 Å². The van der Waals surface area contributed by atoms with E-state index in [0.717, 1.165) is 41.9 Å². The molecule has 1 aromatic rings. The first-order valence-corrected chi connectivity index (χ1v) is 12.7. The number of fused-ring (bicyclic) bond motifs is 1. The third kappa shape index (κ3) is 6.13. The Bertz CT molecular complexity index is 1030.